The van der Waals surface area contributed by atoms with Crippen molar-refractivity contribution in [1.29, 1.82) is 0 Å². The average Bonchev–Trinajstić information content (AvgIpc) is 2.81. The number of rotatable bonds is 3. The molecule has 2 N–H and O–H groups in total. The lowest BCUT2D eigenvalue weighted by Crippen LogP contribution is -2.50. The summed E-state index contributed by atoms with van der Waals surface area (Å²) in [7, 11) is 0. The molecule has 0 saturated carbocycles. The molecule has 1 atom stereocenters. The molecule has 17 heavy (non-hydrogen) atoms. The van der Waals surface area contributed by atoms with Gasteiger partial charge in [0.15, 0.2) is 0 Å². The van der Waals surface area contributed by atoms with Crippen LogP contribution in [0, 0.1) is 0 Å². The minimum atomic E-state index is -0.372. The molecule has 2 heterocycles. The topological polar surface area (TPSA) is 58.2 Å². The normalized spacial score (nSPS) is 19.8. The highest BCUT2D eigenvalue weighted by atomic mass is 32.1. The maximum Gasteiger partial charge on any atom is 0.262 e. The van der Waals surface area contributed by atoms with Crippen LogP contribution in [0.5, 0.6) is 0 Å². The Balaban J connectivity index is 1.98. The summed E-state index contributed by atoms with van der Waals surface area (Å²) in [6, 6.07) is 3.41. The summed E-state index contributed by atoms with van der Waals surface area (Å²) in [5, 5.41) is 5.54. The van der Waals surface area contributed by atoms with Crippen LogP contribution in [0.15, 0.2) is 12.1 Å². The van der Waals surface area contributed by atoms with Crippen molar-refractivity contribution in [3.05, 3.63) is 21.9 Å². The Morgan fingerprint density at radius 1 is 1.59 bits per heavy atom. The molecule has 0 aliphatic carbocycles. The van der Waals surface area contributed by atoms with E-state index in [9.17, 15) is 9.59 Å². The Kier molecular flexibility index (Phi) is 3.78. The highest BCUT2D eigenvalue weighted by molar-refractivity contribution is 7.14. The molecule has 4 nitrogen and oxygen atoms in total. The van der Waals surface area contributed by atoms with Crippen molar-refractivity contribution < 1.29 is 9.59 Å². The van der Waals surface area contributed by atoms with Crippen LogP contribution in [-0.2, 0) is 11.2 Å². The molecule has 92 valence electrons. The Morgan fingerprint density at radius 3 is 3.06 bits per heavy atom. The van der Waals surface area contributed by atoms with Crippen molar-refractivity contribution in [3.8, 4) is 0 Å². The van der Waals surface area contributed by atoms with Gasteiger partial charge in [-0.05, 0) is 31.4 Å². The van der Waals surface area contributed by atoms with E-state index < -0.39 is 0 Å². The zero-order chi connectivity index (χ0) is 12.3. The molecule has 0 spiro atoms. The fraction of sp³-hybridized carbons (Fsp3) is 0.500. The summed E-state index contributed by atoms with van der Waals surface area (Å²) in [4.78, 5) is 25.3. The van der Waals surface area contributed by atoms with Crippen LogP contribution in [-0.4, -0.2) is 24.4 Å². The maximum atomic E-state index is 11.9. The van der Waals surface area contributed by atoms with Gasteiger partial charge in [-0.25, -0.2) is 0 Å². The second kappa shape index (κ2) is 5.31. The third-order valence-corrected chi connectivity index (χ3v) is 4.05. The number of thiophene rings is 1. The molecule has 5 heteroatoms. The van der Waals surface area contributed by atoms with E-state index in [2.05, 4.69) is 17.6 Å². The Hall–Kier alpha value is -1.36. The minimum Gasteiger partial charge on any atom is -0.354 e. The molecule has 1 aromatic heterocycles. The van der Waals surface area contributed by atoms with Crippen molar-refractivity contribution in [1.82, 2.24) is 10.6 Å². The van der Waals surface area contributed by atoms with Gasteiger partial charge in [-0.3, -0.25) is 9.59 Å². The SMILES string of the molecule is CCc1ccc(C(=O)NC2CCCNC2=O)s1. The Bertz CT molecular complexity index is 428. The van der Waals surface area contributed by atoms with Crippen LogP contribution in [0.4, 0.5) is 0 Å². The zero-order valence-corrected chi connectivity index (χ0v) is 10.6. The maximum absolute atomic E-state index is 11.9. The van der Waals surface area contributed by atoms with Crippen LogP contribution >= 0.6 is 11.3 Å². The van der Waals surface area contributed by atoms with Crippen LogP contribution in [0.2, 0.25) is 0 Å². The fourth-order valence-electron chi connectivity index (χ4n) is 1.83. The highest BCUT2D eigenvalue weighted by Gasteiger charge is 2.24. The van der Waals surface area contributed by atoms with Gasteiger partial charge in [-0.2, -0.15) is 0 Å². The number of hydrogen-bond donors (Lipinski definition) is 2. The molecule has 0 radical (unpaired) electrons. The Labute approximate surface area is 104 Å². The summed E-state index contributed by atoms with van der Waals surface area (Å²) < 4.78 is 0. The van der Waals surface area contributed by atoms with E-state index >= 15 is 0 Å². The summed E-state index contributed by atoms with van der Waals surface area (Å²) in [6.45, 7) is 2.77. The van der Waals surface area contributed by atoms with Gasteiger partial charge < -0.3 is 10.6 Å². The molecule has 1 fully saturated rings. The molecule has 2 amide bonds. The summed E-state index contributed by atoms with van der Waals surface area (Å²) in [5.41, 5.74) is 0. The fourth-order valence-corrected chi connectivity index (χ4v) is 2.68. The zero-order valence-electron chi connectivity index (χ0n) is 9.79. The largest absolute Gasteiger partial charge is 0.354 e. The van der Waals surface area contributed by atoms with E-state index in [1.54, 1.807) is 0 Å². The molecule has 1 unspecified atom stereocenters. The number of nitrogens with one attached hydrogen (secondary N) is 2. The smallest absolute Gasteiger partial charge is 0.262 e. The first-order chi connectivity index (χ1) is 8.20. The van der Waals surface area contributed by atoms with E-state index in [0.717, 1.165) is 19.3 Å². The first kappa shape index (κ1) is 12.1. The first-order valence-electron chi connectivity index (χ1n) is 5.88. The van der Waals surface area contributed by atoms with Crippen LogP contribution in [0.1, 0.15) is 34.3 Å². The molecule has 2 rings (SSSR count). The molecule has 1 aliphatic heterocycles. The van der Waals surface area contributed by atoms with Gasteiger partial charge in [0.1, 0.15) is 6.04 Å². The van der Waals surface area contributed by atoms with Crippen molar-refractivity contribution >= 4 is 23.2 Å². The van der Waals surface area contributed by atoms with Gasteiger partial charge in [-0.1, -0.05) is 6.92 Å². The van der Waals surface area contributed by atoms with E-state index in [1.807, 2.05) is 12.1 Å². The van der Waals surface area contributed by atoms with Gasteiger partial charge in [-0.15, -0.1) is 11.3 Å². The predicted octanol–water partition coefficient (Wildman–Crippen LogP) is 1.32. The third kappa shape index (κ3) is 2.85. The second-order valence-corrected chi connectivity index (χ2v) is 5.25. The second-order valence-electron chi connectivity index (χ2n) is 4.08. The van der Waals surface area contributed by atoms with Crippen molar-refractivity contribution in [2.75, 3.05) is 6.54 Å². The number of carbonyl (C=O) groups excluding carboxylic acids is 2. The van der Waals surface area contributed by atoms with Crippen molar-refractivity contribution in [2.45, 2.75) is 32.2 Å². The molecular formula is C12H16N2O2S. The summed E-state index contributed by atoms with van der Waals surface area (Å²) in [6.07, 6.45) is 2.58. The number of aryl methyl sites for hydroxylation is 1. The molecule has 1 aromatic rings. The quantitative estimate of drug-likeness (QED) is 0.852. The molecular weight excluding hydrogens is 236 g/mol. The molecule has 0 bridgehead atoms. The molecule has 1 saturated heterocycles. The number of carbonyl (C=O) groups is 2. The van der Waals surface area contributed by atoms with E-state index in [4.69, 9.17) is 0 Å². The van der Waals surface area contributed by atoms with Gasteiger partial charge in [0.05, 0.1) is 4.88 Å². The van der Waals surface area contributed by atoms with Crippen LogP contribution < -0.4 is 10.6 Å². The van der Waals surface area contributed by atoms with E-state index in [-0.39, 0.29) is 17.9 Å². The van der Waals surface area contributed by atoms with Crippen LogP contribution in [0.25, 0.3) is 0 Å². The third-order valence-electron chi connectivity index (χ3n) is 2.82. The number of piperidine rings is 1. The van der Waals surface area contributed by atoms with E-state index in [1.165, 1.54) is 16.2 Å². The first-order valence-corrected chi connectivity index (χ1v) is 6.69. The highest BCUT2D eigenvalue weighted by Crippen LogP contribution is 2.17. The summed E-state index contributed by atoms with van der Waals surface area (Å²) in [5.74, 6) is -0.214. The van der Waals surface area contributed by atoms with Gasteiger partial charge in [0, 0.05) is 11.4 Å². The van der Waals surface area contributed by atoms with Crippen LogP contribution in [0.3, 0.4) is 0 Å². The van der Waals surface area contributed by atoms with Gasteiger partial charge in [0.25, 0.3) is 5.91 Å². The summed E-state index contributed by atoms with van der Waals surface area (Å²) >= 11 is 1.49. The lowest BCUT2D eigenvalue weighted by molar-refractivity contribution is -0.124. The van der Waals surface area contributed by atoms with Gasteiger partial charge >= 0.3 is 0 Å². The standard InChI is InChI=1S/C12H16N2O2S/c1-2-8-5-6-10(17-8)12(16)14-9-4-3-7-13-11(9)15/h5-6,9H,2-4,7H2,1H3,(H,13,15)(H,14,16). The lowest BCUT2D eigenvalue weighted by atomic mass is 10.1. The number of hydrogen-bond acceptors (Lipinski definition) is 3. The van der Waals surface area contributed by atoms with Gasteiger partial charge in [0.2, 0.25) is 5.91 Å². The average molecular weight is 252 g/mol. The lowest BCUT2D eigenvalue weighted by Gasteiger charge is -2.22. The van der Waals surface area contributed by atoms with Crippen molar-refractivity contribution in [2.24, 2.45) is 0 Å². The van der Waals surface area contributed by atoms with E-state index in [0.29, 0.717) is 11.4 Å². The number of amides is 2. The predicted molar refractivity (Wildman–Crippen MR) is 67.2 cm³/mol. The Morgan fingerprint density at radius 2 is 2.41 bits per heavy atom. The monoisotopic (exact) mass is 252 g/mol. The molecule has 1 aliphatic rings. The molecule has 0 aromatic carbocycles. The minimum absolute atomic E-state index is 0.0723. The van der Waals surface area contributed by atoms with Crippen molar-refractivity contribution in [3.63, 3.8) is 0 Å².